The molecule has 6 nitrogen and oxygen atoms in total. The van der Waals surface area contributed by atoms with E-state index >= 15 is 0 Å². The molecule has 0 fully saturated rings. The van der Waals surface area contributed by atoms with Crippen molar-refractivity contribution in [1.29, 1.82) is 0 Å². The summed E-state index contributed by atoms with van der Waals surface area (Å²) in [6, 6.07) is 6.22. The third-order valence-electron chi connectivity index (χ3n) is 3.81. The molecule has 0 aliphatic carbocycles. The molecule has 3 rings (SSSR count). The number of carboxylic acid groups (broad SMARTS) is 1. The van der Waals surface area contributed by atoms with Crippen molar-refractivity contribution in [3.63, 3.8) is 0 Å². The number of nitrogens with zero attached hydrogens (tertiary/aromatic N) is 3. The molecule has 0 saturated heterocycles. The molecule has 1 N–H and O–H groups in total. The fourth-order valence-corrected chi connectivity index (χ4v) is 2.60. The van der Waals surface area contributed by atoms with E-state index in [2.05, 4.69) is 9.97 Å². The lowest BCUT2D eigenvalue weighted by Gasteiger charge is -2.23. The van der Waals surface area contributed by atoms with Gasteiger partial charge in [0, 0.05) is 29.9 Å². The Morgan fingerprint density at radius 3 is 2.92 bits per heavy atom. The van der Waals surface area contributed by atoms with E-state index in [1.165, 1.54) is 11.0 Å². The van der Waals surface area contributed by atoms with Crippen LogP contribution in [0.2, 0.25) is 5.02 Å². The zero-order chi connectivity index (χ0) is 17.8. The van der Waals surface area contributed by atoms with Gasteiger partial charge in [0.1, 0.15) is 12.4 Å². The third kappa shape index (κ3) is 4.24. The van der Waals surface area contributed by atoms with Crippen molar-refractivity contribution in [3.8, 4) is 6.01 Å². The van der Waals surface area contributed by atoms with Crippen molar-refractivity contribution < 1.29 is 19.0 Å². The van der Waals surface area contributed by atoms with Crippen LogP contribution in [0.1, 0.15) is 17.7 Å². The standard InChI is InChI=1S/C17H15ClFN3O3/c18-13-2-1-12(14(19)9-13)10-25-16-20-6-3-15(21-16)11-4-7-22(8-5-11)17(23)24/h1-4,6,9H,5,7-8,10H2,(H,23,24). The number of carbonyl (C=O) groups is 1. The van der Waals surface area contributed by atoms with E-state index in [9.17, 15) is 9.18 Å². The first-order valence-electron chi connectivity index (χ1n) is 7.60. The zero-order valence-electron chi connectivity index (χ0n) is 13.2. The number of hydrogen-bond donors (Lipinski definition) is 1. The topological polar surface area (TPSA) is 75.5 Å². The van der Waals surface area contributed by atoms with Crippen LogP contribution in [0.5, 0.6) is 6.01 Å². The van der Waals surface area contributed by atoms with Crippen LogP contribution >= 0.6 is 11.6 Å². The first kappa shape index (κ1) is 17.2. The lowest BCUT2D eigenvalue weighted by Crippen LogP contribution is -2.33. The molecule has 1 aromatic heterocycles. The van der Waals surface area contributed by atoms with Gasteiger partial charge in [-0.15, -0.1) is 0 Å². The van der Waals surface area contributed by atoms with E-state index in [1.807, 2.05) is 6.08 Å². The van der Waals surface area contributed by atoms with Gasteiger partial charge in [-0.25, -0.2) is 14.2 Å². The molecule has 0 atom stereocenters. The highest BCUT2D eigenvalue weighted by molar-refractivity contribution is 6.30. The number of rotatable bonds is 4. The average Bonchev–Trinajstić information content (AvgIpc) is 2.61. The van der Waals surface area contributed by atoms with Gasteiger partial charge < -0.3 is 14.7 Å². The van der Waals surface area contributed by atoms with E-state index < -0.39 is 11.9 Å². The highest BCUT2D eigenvalue weighted by Crippen LogP contribution is 2.22. The van der Waals surface area contributed by atoms with E-state index in [-0.39, 0.29) is 12.6 Å². The average molecular weight is 364 g/mol. The lowest BCUT2D eigenvalue weighted by molar-refractivity contribution is 0.150. The summed E-state index contributed by atoms with van der Waals surface area (Å²) in [6.07, 6.45) is 3.00. The Bertz CT molecular complexity index is 829. The van der Waals surface area contributed by atoms with Crippen LogP contribution in [0.25, 0.3) is 5.57 Å². The van der Waals surface area contributed by atoms with Gasteiger partial charge in [0.05, 0.1) is 5.69 Å². The SMILES string of the molecule is O=C(O)N1CC=C(c2ccnc(OCc3ccc(Cl)cc3F)n2)CC1. The Hall–Kier alpha value is -2.67. The van der Waals surface area contributed by atoms with E-state index in [0.717, 1.165) is 5.57 Å². The first-order valence-corrected chi connectivity index (χ1v) is 7.98. The zero-order valence-corrected chi connectivity index (χ0v) is 13.9. The second-order valence-electron chi connectivity index (χ2n) is 5.46. The van der Waals surface area contributed by atoms with E-state index in [4.69, 9.17) is 21.4 Å². The molecule has 2 aromatic rings. The van der Waals surface area contributed by atoms with Crippen molar-refractivity contribution in [2.75, 3.05) is 13.1 Å². The molecule has 0 radical (unpaired) electrons. The summed E-state index contributed by atoms with van der Waals surface area (Å²) in [6.45, 7) is 0.719. The van der Waals surface area contributed by atoms with Crippen molar-refractivity contribution in [2.24, 2.45) is 0 Å². The van der Waals surface area contributed by atoms with Crippen LogP contribution in [-0.2, 0) is 6.61 Å². The summed E-state index contributed by atoms with van der Waals surface area (Å²) in [4.78, 5) is 20.6. The Morgan fingerprint density at radius 1 is 1.40 bits per heavy atom. The second kappa shape index (κ2) is 7.48. The largest absolute Gasteiger partial charge is 0.465 e. The van der Waals surface area contributed by atoms with Crippen LogP contribution in [0.15, 0.2) is 36.5 Å². The highest BCUT2D eigenvalue weighted by Gasteiger charge is 2.17. The maximum Gasteiger partial charge on any atom is 0.407 e. The normalized spacial score (nSPS) is 14.2. The fourth-order valence-electron chi connectivity index (χ4n) is 2.45. The summed E-state index contributed by atoms with van der Waals surface area (Å²) in [5.74, 6) is -0.451. The highest BCUT2D eigenvalue weighted by atomic mass is 35.5. The minimum atomic E-state index is -0.938. The monoisotopic (exact) mass is 363 g/mol. The molecule has 2 heterocycles. The molecule has 0 saturated carbocycles. The molecule has 0 spiro atoms. The van der Waals surface area contributed by atoms with Gasteiger partial charge in [-0.2, -0.15) is 4.98 Å². The molecule has 8 heteroatoms. The molecule has 1 aromatic carbocycles. The van der Waals surface area contributed by atoms with Crippen molar-refractivity contribution >= 4 is 23.3 Å². The number of benzene rings is 1. The summed E-state index contributed by atoms with van der Waals surface area (Å²) < 4.78 is 19.2. The molecule has 25 heavy (non-hydrogen) atoms. The van der Waals surface area contributed by atoms with Gasteiger partial charge in [0.25, 0.3) is 0 Å². The number of hydrogen-bond acceptors (Lipinski definition) is 4. The van der Waals surface area contributed by atoms with Crippen LogP contribution in [0.3, 0.4) is 0 Å². The van der Waals surface area contributed by atoms with Crippen LogP contribution < -0.4 is 4.74 Å². The van der Waals surface area contributed by atoms with Crippen molar-refractivity contribution in [1.82, 2.24) is 14.9 Å². The quantitative estimate of drug-likeness (QED) is 0.898. The van der Waals surface area contributed by atoms with Gasteiger partial charge >= 0.3 is 12.1 Å². The second-order valence-corrected chi connectivity index (χ2v) is 5.89. The summed E-state index contributed by atoms with van der Waals surface area (Å²) in [7, 11) is 0. The van der Waals surface area contributed by atoms with Crippen LogP contribution in [0, 0.1) is 5.82 Å². The Balaban J connectivity index is 1.68. The lowest BCUT2D eigenvalue weighted by atomic mass is 10.1. The molecular formula is C17H15ClFN3O3. The number of halogens is 2. The fraction of sp³-hybridized carbons (Fsp3) is 0.235. The Morgan fingerprint density at radius 2 is 2.24 bits per heavy atom. The van der Waals surface area contributed by atoms with E-state index in [1.54, 1.807) is 24.4 Å². The predicted molar refractivity (Wildman–Crippen MR) is 90.0 cm³/mol. The van der Waals surface area contributed by atoms with Gasteiger partial charge in [-0.3, -0.25) is 0 Å². The number of ether oxygens (including phenoxy) is 1. The molecule has 0 bridgehead atoms. The van der Waals surface area contributed by atoms with Crippen LogP contribution in [0.4, 0.5) is 9.18 Å². The van der Waals surface area contributed by atoms with Gasteiger partial charge in [0.15, 0.2) is 0 Å². The molecule has 1 aliphatic heterocycles. The minimum absolute atomic E-state index is 0.0156. The number of aromatic nitrogens is 2. The molecular weight excluding hydrogens is 349 g/mol. The summed E-state index contributed by atoms with van der Waals surface area (Å²) in [5.41, 5.74) is 1.96. The third-order valence-corrected chi connectivity index (χ3v) is 4.05. The first-order chi connectivity index (χ1) is 12.0. The maximum absolute atomic E-state index is 13.8. The smallest absolute Gasteiger partial charge is 0.407 e. The van der Waals surface area contributed by atoms with Gasteiger partial charge in [-0.1, -0.05) is 23.7 Å². The summed E-state index contributed by atoms with van der Waals surface area (Å²) in [5, 5.41) is 9.29. The Kier molecular flexibility index (Phi) is 5.14. The van der Waals surface area contributed by atoms with E-state index in [0.29, 0.717) is 35.8 Å². The molecule has 1 amide bonds. The predicted octanol–water partition coefficient (Wildman–Crippen LogP) is 3.62. The van der Waals surface area contributed by atoms with Gasteiger partial charge in [0.2, 0.25) is 0 Å². The molecule has 1 aliphatic rings. The van der Waals surface area contributed by atoms with Crippen molar-refractivity contribution in [2.45, 2.75) is 13.0 Å². The maximum atomic E-state index is 13.8. The minimum Gasteiger partial charge on any atom is -0.465 e. The summed E-state index contributed by atoms with van der Waals surface area (Å²) >= 11 is 5.72. The molecule has 130 valence electrons. The number of amides is 1. The van der Waals surface area contributed by atoms with Crippen molar-refractivity contribution in [3.05, 3.63) is 58.6 Å². The van der Waals surface area contributed by atoms with Crippen LogP contribution in [-0.4, -0.2) is 39.2 Å². The molecule has 0 unspecified atom stereocenters. The Labute approximate surface area is 148 Å². The van der Waals surface area contributed by atoms with Gasteiger partial charge in [-0.05, 0) is 30.2 Å².